The van der Waals surface area contributed by atoms with Crippen molar-refractivity contribution in [2.75, 3.05) is 0 Å². The molecule has 24 heteroatoms. The lowest BCUT2D eigenvalue weighted by Gasteiger charge is -2.45. The molecule has 0 saturated heterocycles. The van der Waals surface area contributed by atoms with E-state index in [1.807, 2.05) is 69.2 Å². The first kappa shape index (κ1) is 129. The molecular weight excluding hydrogens is 1490 g/mol. The Balaban J connectivity index is -0.000000126. The van der Waals surface area contributed by atoms with Crippen LogP contribution in [0.15, 0.2) is 0 Å². The van der Waals surface area contributed by atoms with E-state index in [0.717, 1.165) is 17.8 Å². The first-order chi connectivity index (χ1) is 46.6. The van der Waals surface area contributed by atoms with Crippen molar-refractivity contribution in [3.05, 3.63) is 0 Å². The van der Waals surface area contributed by atoms with E-state index in [2.05, 4.69) is 90.0 Å². The SMILES string of the molecule is CC(C)(C)C(C)(C)C(F)(F)F.CC(C)(C)C(C)(C)C(F)(F)F.CC(C)C(C)(C)C(C)(C)C.CC(C)C(C)(C)C(C)(C)C(F)(F)F.CC(C)C(C)(C)C(C)C(F)(F)F.CC(C)[C@@H](C)C(C)(C)C.CC(C)[C@@H](C)C(C)(C)C(F)(F)F.CC(C)[C@@H](C)C(C)C(F)(F)F.CC(C)[C@@H](C)C(C)C(F)(F)F.CCC(C)[C@@H](C)C(F)(F)F. The molecule has 0 aliphatic heterocycles. The molecule has 0 N–H and O–H groups in total. The fourth-order valence-corrected chi connectivity index (χ4v) is 8.24. The zero-order valence-electron chi connectivity index (χ0n) is 78.5. The van der Waals surface area contributed by atoms with Crippen molar-refractivity contribution in [3.63, 3.8) is 0 Å². The van der Waals surface area contributed by atoms with Crippen molar-refractivity contribution < 1.29 is 105 Å². The molecule has 0 aromatic carbocycles. The average molecular weight is 1660 g/mol. The summed E-state index contributed by atoms with van der Waals surface area (Å²) in [5.74, 6) is -3.34. The van der Waals surface area contributed by atoms with E-state index in [1.54, 1.807) is 104 Å². The van der Waals surface area contributed by atoms with Gasteiger partial charge in [0.2, 0.25) is 0 Å². The van der Waals surface area contributed by atoms with Crippen molar-refractivity contribution in [1.82, 2.24) is 0 Å². The maximum atomic E-state index is 12.7. The van der Waals surface area contributed by atoms with Gasteiger partial charge in [0.25, 0.3) is 0 Å². The Hall–Kier alpha value is -1.68. The molecule has 0 aromatic heterocycles. The van der Waals surface area contributed by atoms with Gasteiger partial charge in [0.15, 0.2) is 0 Å². The second kappa shape index (κ2) is 46.6. The van der Waals surface area contributed by atoms with E-state index < -0.39 is 116 Å². The van der Waals surface area contributed by atoms with Gasteiger partial charge in [-0.15, -0.1) is 0 Å². The molecule has 0 nitrogen and oxygen atoms in total. The maximum Gasteiger partial charge on any atom is 0.394 e. The van der Waals surface area contributed by atoms with E-state index in [0.29, 0.717) is 22.7 Å². The van der Waals surface area contributed by atoms with Gasteiger partial charge < -0.3 is 0 Å². The Morgan fingerprint density at radius 1 is 0.209 bits per heavy atom. The molecule has 0 aliphatic rings. The highest BCUT2D eigenvalue weighted by Gasteiger charge is 2.58. The Morgan fingerprint density at radius 2 is 0.436 bits per heavy atom. The number of hydrogen-bond donors (Lipinski definition) is 0. The quantitative estimate of drug-likeness (QED) is 0.152. The van der Waals surface area contributed by atoms with Crippen molar-refractivity contribution in [3.8, 4) is 0 Å². The average Bonchev–Trinajstić information content (AvgIpc) is 0.780. The lowest BCUT2D eigenvalue weighted by atomic mass is 9.61. The van der Waals surface area contributed by atoms with E-state index in [4.69, 9.17) is 0 Å². The first-order valence-electron chi connectivity index (χ1n) is 39.2. The van der Waals surface area contributed by atoms with Crippen LogP contribution in [0.25, 0.3) is 0 Å². The van der Waals surface area contributed by atoms with E-state index in [9.17, 15) is 105 Å². The van der Waals surface area contributed by atoms with Gasteiger partial charge in [-0.3, -0.25) is 0 Å². The standard InChI is InChI=1S/C10H19F3.C10H22.2C9H17F3.C9H20.4C8H15F3.C7H13F3/c1-7(2)8(3,4)9(5,6)10(11,12)13;1-8(2)10(6,7)9(3,4)5;1-6(2)8(4,5)7(3)9(10,11)12;1-6(2)7(3)8(4,5)9(10,11)12;1-7(2)8(3)9(4,5)6;2*1-6(2,3)7(4,5)8(9,10)11;2*1-5(2)6(3)7(4)8(9,10)11;1-4-5(2)6(3)7(8,9)10/h7H,1-6H3;8H,1-7H3;2*6-7H,1-5H3;7-8H,1-6H3;2*1-5H3;2*5-7H,1-4H3;5-6H,4H2,1-3H3/t;;;7-;8-;;;2*6-,7?;5?,6-/m...11..111/s1. The molecule has 0 amide bonds. The smallest absolute Gasteiger partial charge is 0.171 e. The summed E-state index contributed by atoms with van der Waals surface area (Å²) in [5.41, 5.74) is -8.06. The molecule has 0 spiro atoms. The van der Waals surface area contributed by atoms with Gasteiger partial charge in [0.05, 0.1) is 45.3 Å². The van der Waals surface area contributed by atoms with Gasteiger partial charge in [-0.05, 0) is 109 Å². The monoisotopic (exact) mass is 1660 g/mol. The third-order valence-electron chi connectivity index (χ3n) is 27.4. The molecule has 0 rings (SSSR count). The lowest BCUT2D eigenvalue weighted by molar-refractivity contribution is -0.253. The molecule has 9 atom stereocenters. The van der Waals surface area contributed by atoms with Crippen molar-refractivity contribution in [2.45, 2.75) is 402 Å². The molecule has 680 valence electrons. The topological polar surface area (TPSA) is 0 Å². The minimum Gasteiger partial charge on any atom is -0.171 e. The van der Waals surface area contributed by atoms with Crippen LogP contribution in [0.5, 0.6) is 0 Å². The van der Waals surface area contributed by atoms with Crippen LogP contribution >= 0.6 is 0 Å². The molecule has 110 heavy (non-hydrogen) atoms. The Kier molecular flexibility index (Phi) is 54.7. The van der Waals surface area contributed by atoms with Gasteiger partial charge in [-0.1, -0.05) is 353 Å². The van der Waals surface area contributed by atoms with Crippen LogP contribution in [0, 0.1) is 154 Å². The van der Waals surface area contributed by atoms with E-state index >= 15 is 0 Å². The molecule has 0 aromatic rings. The third-order valence-corrected chi connectivity index (χ3v) is 27.4. The summed E-state index contributed by atoms with van der Waals surface area (Å²) in [5, 5.41) is 0. The largest absolute Gasteiger partial charge is 0.394 e. The summed E-state index contributed by atoms with van der Waals surface area (Å²) in [4.78, 5) is 0. The van der Waals surface area contributed by atoms with Crippen molar-refractivity contribution >= 4 is 0 Å². The minimum atomic E-state index is -4.14. The van der Waals surface area contributed by atoms with E-state index in [1.165, 1.54) is 83.1 Å². The Labute approximate surface area is 659 Å². The van der Waals surface area contributed by atoms with Crippen molar-refractivity contribution in [2.24, 2.45) is 154 Å². The molecule has 0 radical (unpaired) electrons. The Bertz CT molecular complexity index is 2220. The molecule has 4 unspecified atom stereocenters. The summed E-state index contributed by atoms with van der Waals surface area (Å²) >= 11 is 0. The summed E-state index contributed by atoms with van der Waals surface area (Å²) in [6.07, 6.45) is -32.1. The number of rotatable bonds is 14. The molecular formula is C86H168F24. The van der Waals surface area contributed by atoms with Gasteiger partial charge in [-0.25, -0.2) is 0 Å². The number of alkyl halides is 24. The van der Waals surface area contributed by atoms with Gasteiger partial charge in [0, 0.05) is 0 Å². The van der Waals surface area contributed by atoms with Crippen LogP contribution < -0.4 is 0 Å². The lowest BCUT2D eigenvalue weighted by Crippen LogP contribution is -2.47. The normalized spacial score (nSPS) is 16.6. The van der Waals surface area contributed by atoms with Crippen LogP contribution in [0.3, 0.4) is 0 Å². The highest BCUT2D eigenvalue weighted by atomic mass is 19.4. The van der Waals surface area contributed by atoms with Crippen LogP contribution in [-0.2, 0) is 0 Å². The second-order valence-corrected chi connectivity index (χ2v) is 41.3. The van der Waals surface area contributed by atoms with Gasteiger partial charge >= 0.3 is 49.4 Å². The van der Waals surface area contributed by atoms with Crippen molar-refractivity contribution in [1.29, 1.82) is 0 Å². The fourth-order valence-electron chi connectivity index (χ4n) is 8.24. The first-order valence-corrected chi connectivity index (χ1v) is 39.2. The van der Waals surface area contributed by atoms with Gasteiger partial charge in [-0.2, -0.15) is 105 Å². The van der Waals surface area contributed by atoms with Crippen LogP contribution in [-0.4, -0.2) is 49.4 Å². The zero-order chi connectivity index (χ0) is 93.4. The van der Waals surface area contributed by atoms with Crippen LogP contribution in [0.1, 0.15) is 353 Å². The molecule has 0 heterocycles. The summed E-state index contributed by atoms with van der Waals surface area (Å²) in [6.45, 7) is 87.7. The highest BCUT2D eigenvalue weighted by molar-refractivity contribution is 4.94. The molecule has 0 bridgehead atoms. The molecule has 0 saturated carbocycles. The summed E-state index contributed by atoms with van der Waals surface area (Å²) in [6, 6.07) is 0. The third kappa shape index (κ3) is 45.9. The molecule has 0 aliphatic carbocycles. The highest BCUT2D eigenvalue weighted by Crippen LogP contribution is 2.55. The second-order valence-electron chi connectivity index (χ2n) is 41.3. The van der Waals surface area contributed by atoms with Gasteiger partial charge in [0.1, 0.15) is 0 Å². The summed E-state index contributed by atoms with van der Waals surface area (Å²) in [7, 11) is 0. The number of hydrogen-bond acceptors (Lipinski definition) is 0. The predicted octanol–water partition coefficient (Wildman–Crippen LogP) is 36.5. The predicted molar refractivity (Wildman–Crippen MR) is 419 cm³/mol. The zero-order valence-corrected chi connectivity index (χ0v) is 78.5. The fraction of sp³-hybridized carbons (Fsp3) is 1.00. The maximum absolute atomic E-state index is 12.7. The summed E-state index contributed by atoms with van der Waals surface area (Å²) < 4.78 is 294. The molecule has 0 fully saturated rings. The Morgan fingerprint density at radius 3 is 0.482 bits per heavy atom. The van der Waals surface area contributed by atoms with Crippen LogP contribution in [0.2, 0.25) is 0 Å². The van der Waals surface area contributed by atoms with E-state index in [-0.39, 0.29) is 53.3 Å². The minimum absolute atomic E-state index is 0.00382. The number of halogens is 24. The van der Waals surface area contributed by atoms with Crippen LogP contribution in [0.4, 0.5) is 105 Å².